The van der Waals surface area contributed by atoms with Crippen LogP contribution in [0, 0.1) is 46.3 Å². The molecule has 0 aromatic carbocycles. The molecule has 0 aromatic heterocycles. The van der Waals surface area contributed by atoms with Gasteiger partial charge in [0.05, 0.1) is 36.1 Å². The van der Waals surface area contributed by atoms with E-state index in [4.69, 9.17) is 0 Å². The monoisotopic (exact) mass is 468 g/mol. The Balaban J connectivity index is 1.61. The fourth-order valence-corrected chi connectivity index (χ4v) is 9.48. The Kier molecular flexibility index (Phi) is 6.82. The van der Waals surface area contributed by atoms with E-state index in [1.807, 2.05) is 13.8 Å². The molecule has 0 radical (unpaired) electrons. The zero-order valence-corrected chi connectivity index (χ0v) is 21.2. The van der Waals surface area contributed by atoms with E-state index in [-0.39, 0.29) is 41.6 Å². The van der Waals surface area contributed by atoms with Crippen molar-refractivity contribution in [3.63, 3.8) is 0 Å². The topological polar surface area (TPSA) is 121 Å². The highest BCUT2D eigenvalue weighted by molar-refractivity contribution is 5.20. The molecule has 0 bridgehead atoms. The molecular formula is C27H48O6. The number of fused-ring (bicyclic) bond motifs is 5. The van der Waals surface area contributed by atoms with Crippen molar-refractivity contribution in [3.8, 4) is 0 Å². The lowest BCUT2D eigenvalue weighted by Gasteiger charge is -2.66. The van der Waals surface area contributed by atoms with Crippen LogP contribution in [0.4, 0.5) is 0 Å². The van der Waals surface area contributed by atoms with Crippen LogP contribution in [0.5, 0.6) is 0 Å². The van der Waals surface area contributed by atoms with E-state index < -0.39 is 41.3 Å². The third-order valence-corrected chi connectivity index (χ3v) is 11.2. The van der Waals surface area contributed by atoms with E-state index in [2.05, 4.69) is 20.8 Å². The number of aliphatic hydroxyl groups excluding tert-OH is 5. The Bertz CT molecular complexity index is 715. The molecule has 0 spiro atoms. The zero-order chi connectivity index (χ0) is 24.5. The quantitative estimate of drug-likeness (QED) is 0.369. The molecular weight excluding hydrogens is 420 g/mol. The average molecular weight is 469 g/mol. The molecule has 1 unspecified atom stereocenters. The maximum atomic E-state index is 12.3. The smallest absolute Gasteiger partial charge is 0.0857 e. The Labute approximate surface area is 199 Å². The number of aliphatic hydroxyl groups is 6. The Hall–Kier alpha value is -0.240. The van der Waals surface area contributed by atoms with Crippen molar-refractivity contribution >= 4 is 0 Å². The molecule has 4 rings (SSSR count). The largest absolute Gasteiger partial charge is 0.393 e. The molecule has 33 heavy (non-hydrogen) atoms. The lowest BCUT2D eigenvalue weighted by molar-refractivity contribution is -0.280. The molecule has 0 aromatic rings. The summed E-state index contributed by atoms with van der Waals surface area (Å²) in [5, 5.41) is 66.2. The summed E-state index contributed by atoms with van der Waals surface area (Å²) in [6.07, 6.45) is 1.60. The summed E-state index contributed by atoms with van der Waals surface area (Å²) in [4.78, 5) is 0. The molecule has 4 fully saturated rings. The normalized spacial score (nSPS) is 53.8. The summed E-state index contributed by atoms with van der Waals surface area (Å²) in [5.74, 6) is -0.0861. The fourth-order valence-electron chi connectivity index (χ4n) is 9.48. The highest BCUT2D eigenvalue weighted by atomic mass is 16.3. The number of hydrogen-bond donors (Lipinski definition) is 6. The van der Waals surface area contributed by atoms with Crippen LogP contribution in [0.1, 0.15) is 86.0 Å². The predicted octanol–water partition coefficient (Wildman–Crippen LogP) is 2.47. The van der Waals surface area contributed by atoms with Gasteiger partial charge in [0.2, 0.25) is 0 Å². The van der Waals surface area contributed by atoms with E-state index in [0.717, 1.165) is 25.7 Å². The van der Waals surface area contributed by atoms with Gasteiger partial charge in [0, 0.05) is 18.3 Å². The van der Waals surface area contributed by atoms with Crippen LogP contribution < -0.4 is 0 Å². The Morgan fingerprint density at radius 2 is 1.48 bits per heavy atom. The minimum atomic E-state index is -1.19. The first-order valence-corrected chi connectivity index (χ1v) is 13.4. The summed E-state index contributed by atoms with van der Waals surface area (Å²) >= 11 is 0. The second-order valence-electron chi connectivity index (χ2n) is 13.2. The number of hydrogen-bond acceptors (Lipinski definition) is 6. The standard InChI is InChI=1S/C27H48O6/c1-14(2)17(28)7-6-15(3)16-12-19(30)24-25(16,4)11-9-21-26(5)10-8-18(29)23(32)22(26)20(31)13-27(21,24)33/h14-24,28-33H,6-13H2,1-5H3/t15-,16-,17?,18+,19-,20+,21-,22+,23+,24-,25-,26-,27+/m1/s1. The molecule has 192 valence electrons. The van der Waals surface area contributed by atoms with Crippen molar-refractivity contribution in [1.82, 2.24) is 0 Å². The van der Waals surface area contributed by atoms with Crippen LogP contribution in [-0.4, -0.2) is 66.8 Å². The Morgan fingerprint density at radius 1 is 0.848 bits per heavy atom. The lowest BCUT2D eigenvalue weighted by atomic mass is 9.41. The van der Waals surface area contributed by atoms with Crippen molar-refractivity contribution < 1.29 is 30.6 Å². The molecule has 6 heteroatoms. The first kappa shape index (κ1) is 25.8. The molecule has 6 N–H and O–H groups in total. The van der Waals surface area contributed by atoms with Crippen molar-refractivity contribution in [2.45, 2.75) is 122 Å². The van der Waals surface area contributed by atoms with Crippen molar-refractivity contribution in [2.24, 2.45) is 46.3 Å². The maximum Gasteiger partial charge on any atom is 0.0857 e. The van der Waals surface area contributed by atoms with Crippen molar-refractivity contribution in [3.05, 3.63) is 0 Å². The summed E-state index contributed by atoms with van der Waals surface area (Å²) in [5.41, 5.74) is -1.90. The number of rotatable bonds is 5. The van der Waals surface area contributed by atoms with Gasteiger partial charge < -0.3 is 30.6 Å². The Morgan fingerprint density at radius 3 is 2.12 bits per heavy atom. The second kappa shape index (κ2) is 8.70. The molecule has 4 aliphatic carbocycles. The summed E-state index contributed by atoms with van der Waals surface area (Å²) in [7, 11) is 0. The average Bonchev–Trinajstić information content (AvgIpc) is 3.00. The summed E-state index contributed by atoms with van der Waals surface area (Å²) in [6, 6.07) is 0. The molecule has 0 saturated heterocycles. The van der Waals surface area contributed by atoms with Gasteiger partial charge in [0.15, 0.2) is 0 Å². The van der Waals surface area contributed by atoms with Gasteiger partial charge in [-0.3, -0.25) is 0 Å². The van der Waals surface area contributed by atoms with E-state index in [1.54, 1.807) is 0 Å². The van der Waals surface area contributed by atoms with Crippen LogP contribution in [0.3, 0.4) is 0 Å². The minimum Gasteiger partial charge on any atom is -0.393 e. The fraction of sp³-hybridized carbons (Fsp3) is 1.00. The molecule has 0 aliphatic heterocycles. The summed E-state index contributed by atoms with van der Waals surface area (Å²) in [6.45, 7) is 10.6. The van der Waals surface area contributed by atoms with Gasteiger partial charge in [0.1, 0.15) is 0 Å². The summed E-state index contributed by atoms with van der Waals surface area (Å²) < 4.78 is 0. The predicted molar refractivity (Wildman–Crippen MR) is 126 cm³/mol. The first-order valence-electron chi connectivity index (χ1n) is 13.4. The van der Waals surface area contributed by atoms with E-state index in [1.165, 1.54) is 0 Å². The molecule has 4 saturated carbocycles. The van der Waals surface area contributed by atoms with E-state index in [0.29, 0.717) is 25.2 Å². The van der Waals surface area contributed by atoms with Crippen molar-refractivity contribution in [2.75, 3.05) is 0 Å². The lowest BCUT2D eigenvalue weighted by Crippen LogP contribution is -2.70. The second-order valence-corrected chi connectivity index (χ2v) is 13.2. The van der Waals surface area contributed by atoms with Crippen LogP contribution in [0.25, 0.3) is 0 Å². The van der Waals surface area contributed by atoms with Crippen molar-refractivity contribution in [1.29, 1.82) is 0 Å². The van der Waals surface area contributed by atoms with Gasteiger partial charge in [0.25, 0.3) is 0 Å². The molecule has 13 atom stereocenters. The van der Waals surface area contributed by atoms with Gasteiger partial charge in [-0.1, -0.05) is 34.6 Å². The van der Waals surface area contributed by atoms with Gasteiger partial charge in [-0.2, -0.15) is 0 Å². The highest BCUT2D eigenvalue weighted by Gasteiger charge is 2.71. The highest BCUT2D eigenvalue weighted by Crippen LogP contribution is 2.69. The molecule has 0 amide bonds. The van der Waals surface area contributed by atoms with Gasteiger partial charge >= 0.3 is 0 Å². The SMILES string of the molecule is CC(C)C(O)CC[C@@H](C)[C@H]1C[C@@H](O)[C@@H]2[C@]1(C)CC[C@@H]1[C@@]3(C)CC[C@H](O)[C@H](O)[C@@H]3[C@@H](O)C[C@]12O. The maximum absolute atomic E-state index is 12.3. The third-order valence-electron chi connectivity index (χ3n) is 11.2. The molecule has 0 heterocycles. The van der Waals surface area contributed by atoms with E-state index in [9.17, 15) is 30.6 Å². The van der Waals surface area contributed by atoms with Crippen LogP contribution in [-0.2, 0) is 0 Å². The molecule has 4 aliphatic rings. The van der Waals surface area contributed by atoms with E-state index >= 15 is 0 Å². The zero-order valence-electron chi connectivity index (χ0n) is 21.2. The molecule has 6 nitrogen and oxygen atoms in total. The third kappa shape index (κ3) is 3.82. The minimum absolute atomic E-state index is 0.120. The first-order chi connectivity index (χ1) is 15.3. The van der Waals surface area contributed by atoms with Gasteiger partial charge in [-0.05, 0) is 79.4 Å². The van der Waals surface area contributed by atoms with Gasteiger partial charge in [-0.25, -0.2) is 0 Å². The van der Waals surface area contributed by atoms with Crippen LogP contribution in [0.15, 0.2) is 0 Å². The van der Waals surface area contributed by atoms with Crippen LogP contribution in [0.2, 0.25) is 0 Å². The van der Waals surface area contributed by atoms with Crippen LogP contribution >= 0.6 is 0 Å². The van der Waals surface area contributed by atoms with Gasteiger partial charge in [-0.15, -0.1) is 0 Å².